The summed E-state index contributed by atoms with van der Waals surface area (Å²) in [6, 6.07) is 17.8. The van der Waals surface area contributed by atoms with Crippen LogP contribution in [0.5, 0.6) is 0 Å². The molecule has 0 spiro atoms. The molecule has 0 aliphatic heterocycles. The van der Waals surface area contributed by atoms with Crippen molar-refractivity contribution in [3.63, 3.8) is 0 Å². The highest BCUT2D eigenvalue weighted by molar-refractivity contribution is 7.98. The number of nitrogens with zero attached hydrogens (tertiary/aromatic N) is 1. The molecule has 0 aliphatic carbocycles. The largest absolute Gasteiger partial charge is 0.416 e. The molecule has 3 aromatic rings. The highest BCUT2D eigenvalue weighted by Crippen LogP contribution is 2.33. The van der Waals surface area contributed by atoms with Gasteiger partial charge in [0.05, 0.1) is 16.1 Å². The Morgan fingerprint density at radius 3 is 2.33 bits per heavy atom. The summed E-state index contributed by atoms with van der Waals surface area (Å²) in [6.07, 6.45) is -4.66. The van der Waals surface area contributed by atoms with Crippen molar-refractivity contribution in [3.8, 4) is 0 Å². The zero-order valence-corrected chi connectivity index (χ0v) is 21.5. The van der Waals surface area contributed by atoms with Gasteiger partial charge in [-0.25, -0.2) is 8.42 Å². The maximum Gasteiger partial charge on any atom is 0.416 e. The lowest BCUT2D eigenvalue weighted by molar-refractivity contribution is -0.137. The second kappa shape index (κ2) is 11.8. The van der Waals surface area contributed by atoms with Crippen molar-refractivity contribution in [1.82, 2.24) is 5.32 Å². The molecule has 0 saturated carbocycles. The summed E-state index contributed by atoms with van der Waals surface area (Å²) in [6.45, 7) is 3.44. The van der Waals surface area contributed by atoms with E-state index in [1.165, 1.54) is 29.3 Å². The van der Waals surface area contributed by atoms with Gasteiger partial charge in [-0.15, -0.1) is 0 Å². The number of rotatable bonds is 10. The van der Waals surface area contributed by atoms with Crippen LogP contribution < -0.4 is 9.62 Å². The smallest absolute Gasteiger partial charge is 0.354 e. The van der Waals surface area contributed by atoms with Crippen LogP contribution in [0.1, 0.15) is 22.3 Å². The summed E-state index contributed by atoms with van der Waals surface area (Å²) in [5, 5.41) is 2.67. The minimum absolute atomic E-state index is 0.118. The average molecular weight is 537 g/mol. The van der Waals surface area contributed by atoms with Gasteiger partial charge < -0.3 is 5.32 Å². The number of carbonyl (C=O) groups excluding carboxylic acids is 1. The van der Waals surface area contributed by atoms with E-state index in [1.54, 1.807) is 30.8 Å². The van der Waals surface area contributed by atoms with Crippen molar-refractivity contribution < 1.29 is 26.4 Å². The number of anilines is 1. The maximum absolute atomic E-state index is 13.4. The van der Waals surface area contributed by atoms with Gasteiger partial charge in [-0.1, -0.05) is 48.0 Å². The normalized spacial score (nSPS) is 11.8. The quantitative estimate of drug-likeness (QED) is 0.344. The molecular formula is C26H27F3N2O3S2. The van der Waals surface area contributed by atoms with Crippen LogP contribution in [-0.4, -0.2) is 33.2 Å². The molecule has 0 unspecified atom stereocenters. The van der Waals surface area contributed by atoms with Gasteiger partial charge >= 0.3 is 6.18 Å². The minimum Gasteiger partial charge on any atom is -0.354 e. The number of sulfonamides is 1. The zero-order valence-electron chi connectivity index (χ0n) is 19.9. The number of carbonyl (C=O) groups is 1. The van der Waals surface area contributed by atoms with E-state index in [-0.39, 0.29) is 17.1 Å². The molecule has 3 rings (SSSR count). The number of halogens is 3. The Labute approximate surface area is 213 Å². The third-order valence-corrected chi connectivity index (χ3v) is 8.24. The molecule has 36 heavy (non-hydrogen) atoms. The van der Waals surface area contributed by atoms with E-state index in [1.807, 2.05) is 31.2 Å². The number of alkyl halides is 3. The molecule has 0 aliphatic rings. The van der Waals surface area contributed by atoms with E-state index >= 15 is 0 Å². The molecular weight excluding hydrogens is 509 g/mol. The van der Waals surface area contributed by atoms with Gasteiger partial charge in [0.1, 0.15) is 6.54 Å². The number of amides is 1. The van der Waals surface area contributed by atoms with Gasteiger partial charge in [-0.2, -0.15) is 24.9 Å². The second-order valence-corrected chi connectivity index (χ2v) is 11.2. The highest BCUT2D eigenvalue weighted by atomic mass is 32.2. The first-order valence-corrected chi connectivity index (χ1v) is 13.7. The van der Waals surface area contributed by atoms with Gasteiger partial charge in [-0.3, -0.25) is 9.10 Å². The first-order valence-electron chi connectivity index (χ1n) is 11.1. The Balaban J connectivity index is 1.73. The molecule has 1 amide bonds. The molecule has 5 nitrogen and oxygen atoms in total. The summed E-state index contributed by atoms with van der Waals surface area (Å²) >= 11 is 1.61. The monoisotopic (exact) mass is 536 g/mol. The molecule has 0 fully saturated rings. The number of hydrogen-bond donors (Lipinski definition) is 1. The fourth-order valence-electron chi connectivity index (χ4n) is 3.39. The lowest BCUT2D eigenvalue weighted by Gasteiger charge is -2.25. The summed E-state index contributed by atoms with van der Waals surface area (Å²) < 4.78 is 67.3. The maximum atomic E-state index is 13.4. The average Bonchev–Trinajstić information content (AvgIpc) is 2.83. The minimum atomic E-state index is -4.66. The van der Waals surface area contributed by atoms with Gasteiger partial charge in [0, 0.05) is 18.1 Å². The van der Waals surface area contributed by atoms with Crippen molar-refractivity contribution in [1.29, 1.82) is 0 Å². The van der Waals surface area contributed by atoms with Crippen LogP contribution in [0.25, 0.3) is 0 Å². The summed E-state index contributed by atoms with van der Waals surface area (Å²) in [4.78, 5) is 12.6. The van der Waals surface area contributed by atoms with Crippen LogP contribution in [0.3, 0.4) is 0 Å². The van der Waals surface area contributed by atoms with Crippen molar-refractivity contribution in [2.75, 3.05) is 23.1 Å². The van der Waals surface area contributed by atoms with Crippen molar-refractivity contribution >= 4 is 33.4 Å². The van der Waals surface area contributed by atoms with E-state index in [0.29, 0.717) is 10.1 Å². The van der Waals surface area contributed by atoms with Crippen molar-refractivity contribution in [2.24, 2.45) is 0 Å². The third-order valence-electron chi connectivity index (χ3n) is 5.45. The van der Waals surface area contributed by atoms with Gasteiger partial charge in [0.15, 0.2) is 0 Å². The number of nitrogens with one attached hydrogen (secondary N) is 1. The van der Waals surface area contributed by atoms with E-state index in [4.69, 9.17) is 0 Å². The van der Waals surface area contributed by atoms with Crippen LogP contribution in [0, 0.1) is 13.8 Å². The Morgan fingerprint density at radius 1 is 0.972 bits per heavy atom. The van der Waals surface area contributed by atoms with Gasteiger partial charge in [0.25, 0.3) is 10.0 Å². The molecule has 0 radical (unpaired) electrons. The van der Waals surface area contributed by atoms with Crippen LogP contribution in [0.4, 0.5) is 18.9 Å². The number of aryl methyl sites for hydroxylation is 2. The Morgan fingerprint density at radius 2 is 1.67 bits per heavy atom. The highest BCUT2D eigenvalue weighted by Gasteiger charge is 2.33. The number of hydrogen-bond acceptors (Lipinski definition) is 4. The van der Waals surface area contributed by atoms with Gasteiger partial charge in [-0.05, 0) is 55.3 Å². The lowest BCUT2D eigenvalue weighted by atomic mass is 10.1. The molecule has 0 saturated heterocycles. The van der Waals surface area contributed by atoms with Crippen LogP contribution >= 0.6 is 11.8 Å². The summed E-state index contributed by atoms with van der Waals surface area (Å²) in [7, 11) is -4.30. The first kappa shape index (κ1) is 27.6. The van der Waals surface area contributed by atoms with Crippen LogP contribution in [0.15, 0.2) is 77.7 Å². The predicted octanol–water partition coefficient (Wildman–Crippen LogP) is 5.57. The Kier molecular flexibility index (Phi) is 9.08. The molecule has 1 N–H and O–H groups in total. The molecule has 0 aromatic heterocycles. The van der Waals surface area contributed by atoms with E-state index in [0.717, 1.165) is 29.5 Å². The Hall–Kier alpha value is -2.98. The predicted molar refractivity (Wildman–Crippen MR) is 138 cm³/mol. The van der Waals surface area contributed by atoms with Crippen molar-refractivity contribution in [3.05, 3.63) is 95.1 Å². The van der Waals surface area contributed by atoms with E-state index in [2.05, 4.69) is 5.32 Å². The molecule has 192 valence electrons. The van der Waals surface area contributed by atoms with Gasteiger partial charge in [0.2, 0.25) is 5.91 Å². The fourth-order valence-corrected chi connectivity index (χ4v) is 5.74. The lowest BCUT2D eigenvalue weighted by Crippen LogP contribution is -2.41. The standard InChI is InChI=1S/C26H27F3N2O3S2/c1-19-10-12-24(13-11-19)36(33,34)31(23-9-5-8-22(16-23)26(27,28)29)17-25(32)30-14-15-35-18-21-7-4-3-6-20(21)2/h3-13,16H,14-15,17-18H2,1-2H3,(H,30,32). The molecule has 0 bridgehead atoms. The van der Waals surface area contributed by atoms with Crippen LogP contribution in [0.2, 0.25) is 0 Å². The third kappa shape index (κ3) is 7.27. The molecule has 3 aromatic carbocycles. The summed E-state index contributed by atoms with van der Waals surface area (Å²) in [5.74, 6) is 0.745. The first-order chi connectivity index (χ1) is 17.0. The van der Waals surface area contributed by atoms with Crippen LogP contribution in [-0.2, 0) is 26.7 Å². The topological polar surface area (TPSA) is 66.5 Å². The SMILES string of the molecule is Cc1ccc(S(=O)(=O)N(CC(=O)NCCSCc2ccccc2C)c2cccc(C(F)(F)F)c2)cc1. The molecule has 0 heterocycles. The van der Waals surface area contributed by atoms with Crippen molar-refractivity contribution in [2.45, 2.75) is 30.7 Å². The molecule has 10 heteroatoms. The van der Waals surface area contributed by atoms with E-state index < -0.39 is 34.2 Å². The number of thioether (sulfide) groups is 1. The van der Waals surface area contributed by atoms with E-state index in [9.17, 15) is 26.4 Å². The fraction of sp³-hybridized carbons (Fsp3) is 0.269. The zero-order chi connectivity index (χ0) is 26.3. The molecule has 0 atom stereocenters. The number of benzene rings is 3. The summed E-state index contributed by atoms with van der Waals surface area (Å²) in [5.41, 5.74) is 1.94. The second-order valence-electron chi connectivity index (χ2n) is 8.20. The Bertz CT molecular complexity index is 1290.